The molecule has 0 radical (unpaired) electrons. The molecule has 3 heteroatoms. The van der Waals surface area contributed by atoms with Gasteiger partial charge in [0, 0.05) is 22.2 Å². The van der Waals surface area contributed by atoms with E-state index in [9.17, 15) is 4.91 Å². The van der Waals surface area contributed by atoms with Crippen LogP contribution in [0.2, 0.25) is 0 Å². The van der Waals surface area contributed by atoms with Crippen LogP contribution in [0.4, 0.5) is 0 Å². The second kappa shape index (κ2) is 4.01. The summed E-state index contributed by atoms with van der Waals surface area (Å²) in [6.45, 7) is 0.327. The summed E-state index contributed by atoms with van der Waals surface area (Å²) in [7, 11) is 0. The zero-order valence-electron chi connectivity index (χ0n) is 9.30. The second-order valence-corrected chi connectivity index (χ2v) is 4.09. The Morgan fingerprint density at radius 1 is 1.24 bits per heavy atom. The molecule has 1 aliphatic carbocycles. The van der Waals surface area contributed by atoms with Crippen molar-refractivity contribution in [3.63, 3.8) is 0 Å². The predicted molar refractivity (Wildman–Crippen MR) is 64.3 cm³/mol. The first-order chi connectivity index (χ1) is 8.34. The zero-order valence-corrected chi connectivity index (χ0v) is 9.30. The number of para-hydroxylation sites is 1. The van der Waals surface area contributed by atoms with Gasteiger partial charge in [-0.1, -0.05) is 24.3 Å². The fourth-order valence-corrected chi connectivity index (χ4v) is 2.04. The zero-order chi connectivity index (χ0) is 11.7. The van der Waals surface area contributed by atoms with E-state index in [1.807, 2.05) is 42.5 Å². The van der Waals surface area contributed by atoms with E-state index >= 15 is 0 Å². The van der Waals surface area contributed by atoms with E-state index in [2.05, 4.69) is 0 Å². The van der Waals surface area contributed by atoms with Gasteiger partial charge in [-0.2, -0.15) is 0 Å². The van der Waals surface area contributed by atoms with Crippen LogP contribution in [0.15, 0.2) is 60.0 Å². The van der Waals surface area contributed by atoms with Crippen LogP contribution in [-0.4, -0.2) is 4.76 Å². The van der Waals surface area contributed by atoms with Gasteiger partial charge in [-0.15, -0.1) is 0 Å². The van der Waals surface area contributed by atoms with E-state index in [-0.39, 0.29) is 0 Å². The van der Waals surface area contributed by atoms with E-state index in [4.69, 9.17) is 4.74 Å². The third-order valence-electron chi connectivity index (χ3n) is 2.94. The third kappa shape index (κ3) is 1.80. The fraction of sp³-hybridized carbons (Fsp3) is 0.143. The topological polar surface area (TPSA) is 29.3 Å². The van der Waals surface area contributed by atoms with Crippen molar-refractivity contribution in [2.75, 3.05) is 0 Å². The summed E-state index contributed by atoms with van der Waals surface area (Å²) in [6.07, 6.45) is 8.18. The van der Waals surface area contributed by atoms with Crippen LogP contribution in [-0.2, 0) is 6.54 Å². The molecule has 0 saturated carbocycles. The monoisotopic (exact) mass is 226 g/mol. The molecule has 1 heterocycles. The highest BCUT2D eigenvalue weighted by Crippen LogP contribution is 2.28. The molecule has 3 rings (SSSR count). The van der Waals surface area contributed by atoms with Gasteiger partial charge in [-0.25, -0.2) is 0 Å². The minimum atomic E-state index is 0.327. The van der Waals surface area contributed by atoms with Crippen LogP contribution < -0.4 is 4.74 Å². The van der Waals surface area contributed by atoms with Gasteiger partial charge in [-0.05, 0) is 12.1 Å². The van der Waals surface area contributed by atoms with E-state index in [1.54, 1.807) is 6.26 Å². The van der Waals surface area contributed by atoms with Crippen LogP contribution in [0.25, 0.3) is 0 Å². The van der Waals surface area contributed by atoms with Crippen molar-refractivity contribution in [1.82, 2.24) is 0 Å². The summed E-state index contributed by atoms with van der Waals surface area (Å²) in [6, 6.07) is 7.62. The molecule has 0 unspecified atom stereocenters. The van der Waals surface area contributed by atoms with Crippen LogP contribution in [0.1, 0.15) is 12.0 Å². The highest BCUT2D eigenvalue weighted by atomic mass is 16.5. The third-order valence-corrected chi connectivity index (χ3v) is 2.94. The van der Waals surface area contributed by atoms with Gasteiger partial charge < -0.3 is 4.74 Å². The molecule has 0 spiro atoms. The minimum absolute atomic E-state index is 0.327. The van der Waals surface area contributed by atoms with Crippen molar-refractivity contribution < 1.29 is 9.50 Å². The lowest BCUT2D eigenvalue weighted by Crippen LogP contribution is -2.14. The highest BCUT2D eigenvalue weighted by Gasteiger charge is 2.27. The standard InChI is InChI=1S/C14H12NO2/c16-15-9-11-5-2-4-8-14(11)17-10-12-6-1-3-7-13(12)15/h1-5,7-8,10H,6,9H2/q+1/b12-10-. The van der Waals surface area contributed by atoms with Crippen molar-refractivity contribution in [3.05, 3.63) is 70.5 Å². The number of fused-ring (bicyclic) bond motifs is 2. The molecular formula is C14H12NO2+. The fourth-order valence-electron chi connectivity index (χ4n) is 2.04. The molecule has 0 N–H and O–H groups in total. The van der Waals surface area contributed by atoms with Crippen LogP contribution in [0.5, 0.6) is 5.75 Å². The summed E-state index contributed by atoms with van der Waals surface area (Å²) in [5.74, 6) is 0.759. The smallest absolute Gasteiger partial charge is 0.262 e. The van der Waals surface area contributed by atoms with Crippen LogP contribution in [0.3, 0.4) is 0 Å². The number of benzene rings is 1. The number of ether oxygens (including phenoxy) is 1. The summed E-state index contributed by atoms with van der Waals surface area (Å²) < 4.78 is 6.67. The molecule has 0 aromatic heterocycles. The van der Waals surface area contributed by atoms with Crippen LogP contribution in [0, 0.1) is 4.91 Å². The van der Waals surface area contributed by atoms with Gasteiger partial charge >= 0.3 is 0 Å². The predicted octanol–water partition coefficient (Wildman–Crippen LogP) is 3.09. The number of hydrogen-bond donors (Lipinski definition) is 0. The molecule has 0 atom stereocenters. The number of hydrogen-bond acceptors (Lipinski definition) is 2. The Hall–Kier alpha value is -2.16. The van der Waals surface area contributed by atoms with Gasteiger partial charge in [0.05, 0.1) is 11.1 Å². The van der Waals surface area contributed by atoms with E-state index in [1.165, 1.54) is 0 Å². The molecule has 0 amide bonds. The Labute approximate surface area is 99.3 Å². The molecule has 1 aromatic carbocycles. The average molecular weight is 226 g/mol. The van der Waals surface area contributed by atoms with Gasteiger partial charge in [-0.3, -0.25) is 0 Å². The van der Waals surface area contributed by atoms with Crippen molar-refractivity contribution in [2.24, 2.45) is 0 Å². The molecule has 84 valence electrons. The maximum absolute atomic E-state index is 12.1. The van der Waals surface area contributed by atoms with Gasteiger partial charge in [0.15, 0.2) is 0 Å². The second-order valence-electron chi connectivity index (χ2n) is 4.09. The number of nitrogens with zero attached hydrogens (tertiary/aromatic N) is 1. The quantitative estimate of drug-likeness (QED) is 0.636. The molecule has 3 nitrogen and oxygen atoms in total. The SMILES string of the molecule is O=[N+]1Cc2ccccc2O/C=C2/CC=CC=C21. The largest absolute Gasteiger partial charge is 0.464 e. The first-order valence-electron chi connectivity index (χ1n) is 5.60. The highest BCUT2D eigenvalue weighted by molar-refractivity contribution is 5.38. The first-order valence-corrected chi connectivity index (χ1v) is 5.60. The van der Waals surface area contributed by atoms with Gasteiger partial charge in [0.25, 0.3) is 5.70 Å². The summed E-state index contributed by atoms with van der Waals surface area (Å²) in [5.41, 5.74) is 2.53. The van der Waals surface area contributed by atoms with Gasteiger partial charge in [0.2, 0.25) is 6.54 Å². The molecule has 1 aliphatic heterocycles. The van der Waals surface area contributed by atoms with Crippen molar-refractivity contribution in [1.29, 1.82) is 0 Å². The Balaban J connectivity index is 2.08. The van der Waals surface area contributed by atoms with Crippen LogP contribution >= 0.6 is 0 Å². The Bertz CT molecular complexity index is 567. The number of allylic oxidation sites excluding steroid dienone is 4. The molecule has 2 aliphatic rings. The summed E-state index contributed by atoms with van der Waals surface area (Å²) in [5, 5.41) is 0. The van der Waals surface area contributed by atoms with Gasteiger partial charge in [0.1, 0.15) is 12.0 Å². The molecule has 0 fully saturated rings. The average Bonchev–Trinajstić information content (AvgIpc) is 2.36. The van der Waals surface area contributed by atoms with E-state index < -0.39 is 0 Å². The molecule has 1 aromatic rings. The van der Waals surface area contributed by atoms with Crippen molar-refractivity contribution >= 4 is 0 Å². The maximum atomic E-state index is 12.1. The van der Waals surface area contributed by atoms with E-state index in [0.29, 0.717) is 12.2 Å². The molecule has 17 heavy (non-hydrogen) atoms. The lowest BCUT2D eigenvalue weighted by Gasteiger charge is -2.12. The Morgan fingerprint density at radius 2 is 2.12 bits per heavy atom. The van der Waals surface area contributed by atoms with E-state index in [0.717, 1.165) is 28.1 Å². The summed E-state index contributed by atoms with van der Waals surface area (Å²) >= 11 is 0. The number of rotatable bonds is 0. The molecular weight excluding hydrogens is 214 g/mol. The lowest BCUT2D eigenvalue weighted by atomic mass is 10.0. The first kappa shape index (κ1) is 10.0. The Morgan fingerprint density at radius 3 is 3.06 bits per heavy atom. The van der Waals surface area contributed by atoms with Crippen molar-refractivity contribution in [2.45, 2.75) is 13.0 Å². The summed E-state index contributed by atoms with van der Waals surface area (Å²) in [4.78, 5) is 12.1. The normalized spacial score (nSPS) is 21.1. The lowest BCUT2D eigenvalue weighted by molar-refractivity contribution is -0.512. The molecule has 0 bridgehead atoms. The maximum Gasteiger partial charge on any atom is 0.262 e. The Kier molecular flexibility index (Phi) is 2.37. The minimum Gasteiger partial charge on any atom is -0.464 e. The van der Waals surface area contributed by atoms with Crippen molar-refractivity contribution in [3.8, 4) is 5.75 Å². The molecule has 0 saturated heterocycles. The number of nitroso groups, excluding NO2 is 1.